The maximum absolute atomic E-state index is 12.3. The van der Waals surface area contributed by atoms with Gasteiger partial charge in [-0.15, -0.1) is 0 Å². The Hall–Kier alpha value is -2.33. The number of nitrogens with zero attached hydrogens (tertiary/aromatic N) is 2. The second-order valence-electron chi connectivity index (χ2n) is 5.64. The largest absolute Gasteiger partial charge is 0.341 e. The molecule has 2 amide bonds. The van der Waals surface area contributed by atoms with Gasteiger partial charge in [-0.2, -0.15) is 0 Å². The van der Waals surface area contributed by atoms with Gasteiger partial charge < -0.3 is 9.80 Å². The molecule has 0 aliphatic carbocycles. The summed E-state index contributed by atoms with van der Waals surface area (Å²) in [5.74, 6) is -0.122. The first-order valence-corrected chi connectivity index (χ1v) is 8.16. The highest BCUT2D eigenvalue weighted by atomic mass is 35.5. The first-order chi connectivity index (χ1) is 11.5. The lowest BCUT2D eigenvalue weighted by Crippen LogP contribution is -2.34. The van der Waals surface area contributed by atoms with Crippen LogP contribution in [-0.2, 0) is 16.1 Å². The van der Waals surface area contributed by atoms with Crippen molar-refractivity contribution in [3.8, 4) is 0 Å². The minimum absolute atomic E-state index is 0.00729. The Labute approximate surface area is 147 Å². The van der Waals surface area contributed by atoms with Crippen molar-refractivity contribution in [1.29, 1.82) is 0 Å². The van der Waals surface area contributed by atoms with E-state index in [0.717, 1.165) is 5.56 Å². The van der Waals surface area contributed by atoms with Crippen LogP contribution in [0.3, 0.4) is 0 Å². The van der Waals surface area contributed by atoms with Crippen LogP contribution in [0.25, 0.3) is 0 Å². The third kappa shape index (κ3) is 5.10. The van der Waals surface area contributed by atoms with Crippen molar-refractivity contribution >= 4 is 29.1 Å². The number of hydrogen-bond donors (Lipinski definition) is 0. The van der Waals surface area contributed by atoms with Crippen LogP contribution < -0.4 is 4.90 Å². The second kappa shape index (κ2) is 8.50. The zero-order valence-corrected chi connectivity index (χ0v) is 14.7. The van der Waals surface area contributed by atoms with Crippen LogP contribution >= 0.6 is 11.6 Å². The lowest BCUT2D eigenvalue weighted by atomic mass is 10.2. The molecule has 0 atom stereocenters. The van der Waals surface area contributed by atoms with E-state index in [9.17, 15) is 9.59 Å². The third-order valence-electron chi connectivity index (χ3n) is 3.74. The lowest BCUT2D eigenvalue weighted by Gasteiger charge is -2.23. The topological polar surface area (TPSA) is 40.6 Å². The second-order valence-corrected chi connectivity index (χ2v) is 6.07. The third-order valence-corrected chi connectivity index (χ3v) is 3.97. The Morgan fingerprint density at radius 3 is 2.38 bits per heavy atom. The quantitative estimate of drug-likeness (QED) is 0.801. The van der Waals surface area contributed by atoms with E-state index in [4.69, 9.17) is 11.6 Å². The number of carbonyl (C=O) groups is 2. The van der Waals surface area contributed by atoms with Crippen molar-refractivity contribution in [3.63, 3.8) is 0 Å². The van der Waals surface area contributed by atoms with Crippen LogP contribution in [-0.4, -0.2) is 30.3 Å². The molecule has 0 bridgehead atoms. The highest BCUT2D eigenvalue weighted by Gasteiger charge is 2.16. The average molecular weight is 345 g/mol. The van der Waals surface area contributed by atoms with Crippen LogP contribution in [0.2, 0.25) is 5.02 Å². The monoisotopic (exact) mass is 344 g/mol. The van der Waals surface area contributed by atoms with E-state index in [0.29, 0.717) is 23.8 Å². The minimum Gasteiger partial charge on any atom is -0.341 e. The molecule has 5 heteroatoms. The van der Waals surface area contributed by atoms with Crippen LogP contribution in [0.5, 0.6) is 0 Å². The molecule has 2 aromatic carbocycles. The highest BCUT2D eigenvalue weighted by molar-refractivity contribution is 6.30. The van der Waals surface area contributed by atoms with Gasteiger partial charge in [-0.3, -0.25) is 9.59 Å². The number of carbonyl (C=O) groups excluding carboxylic acids is 2. The van der Waals surface area contributed by atoms with Crippen LogP contribution in [0, 0.1) is 0 Å². The fraction of sp³-hybridized carbons (Fsp3) is 0.263. The highest BCUT2D eigenvalue weighted by Crippen LogP contribution is 2.20. The molecule has 2 rings (SSSR count). The van der Waals surface area contributed by atoms with Crippen molar-refractivity contribution in [1.82, 2.24) is 4.90 Å². The van der Waals surface area contributed by atoms with E-state index in [2.05, 4.69) is 0 Å². The first kappa shape index (κ1) is 18.0. The fourth-order valence-corrected chi connectivity index (χ4v) is 2.64. The average Bonchev–Trinajstić information content (AvgIpc) is 2.55. The molecule has 0 aromatic heterocycles. The van der Waals surface area contributed by atoms with Gasteiger partial charge in [0.05, 0.1) is 0 Å². The lowest BCUT2D eigenvalue weighted by molar-refractivity contribution is -0.130. The predicted molar refractivity (Wildman–Crippen MR) is 97.0 cm³/mol. The molecule has 0 N–H and O–H groups in total. The SMILES string of the molecule is CC(=O)N(CCC(=O)N(C)Cc1ccccc1)c1cccc(Cl)c1. The number of benzene rings is 2. The van der Waals surface area contributed by atoms with E-state index in [1.807, 2.05) is 36.4 Å². The summed E-state index contributed by atoms with van der Waals surface area (Å²) in [5, 5.41) is 0.561. The molecule has 0 radical (unpaired) electrons. The van der Waals surface area contributed by atoms with Gasteiger partial charge in [-0.1, -0.05) is 48.0 Å². The van der Waals surface area contributed by atoms with E-state index < -0.39 is 0 Å². The summed E-state index contributed by atoms with van der Waals surface area (Å²) < 4.78 is 0. The van der Waals surface area contributed by atoms with Gasteiger partial charge in [0.25, 0.3) is 0 Å². The molecule has 0 aliphatic rings. The smallest absolute Gasteiger partial charge is 0.224 e. The van der Waals surface area contributed by atoms with E-state index in [1.165, 1.54) is 6.92 Å². The Bertz CT molecular complexity index is 704. The summed E-state index contributed by atoms with van der Waals surface area (Å²) in [7, 11) is 1.77. The molecule has 0 unspecified atom stereocenters. The molecule has 0 saturated heterocycles. The van der Waals surface area contributed by atoms with Crippen LogP contribution in [0.15, 0.2) is 54.6 Å². The summed E-state index contributed by atoms with van der Waals surface area (Å²) in [6.07, 6.45) is 0.259. The molecular weight excluding hydrogens is 324 g/mol. The standard InChI is InChI=1S/C19H21ClN2O2/c1-15(23)22(18-10-6-9-17(20)13-18)12-11-19(24)21(2)14-16-7-4-3-5-8-16/h3-10,13H,11-12,14H2,1-2H3. The number of hydrogen-bond acceptors (Lipinski definition) is 2. The molecular formula is C19H21ClN2O2. The maximum atomic E-state index is 12.3. The molecule has 0 spiro atoms. The summed E-state index contributed by atoms with van der Waals surface area (Å²) in [5.41, 5.74) is 1.78. The normalized spacial score (nSPS) is 10.3. The summed E-state index contributed by atoms with van der Waals surface area (Å²) in [4.78, 5) is 27.5. The molecule has 0 fully saturated rings. The number of rotatable bonds is 6. The van der Waals surface area contributed by atoms with Crippen molar-refractivity contribution in [3.05, 3.63) is 65.2 Å². The van der Waals surface area contributed by atoms with Gasteiger partial charge in [0.2, 0.25) is 11.8 Å². The fourth-order valence-electron chi connectivity index (χ4n) is 2.46. The summed E-state index contributed by atoms with van der Waals surface area (Å²) >= 11 is 5.98. The minimum atomic E-state index is -0.115. The van der Waals surface area contributed by atoms with E-state index in [1.54, 1.807) is 35.0 Å². The predicted octanol–water partition coefficient (Wildman–Crippen LogP) is 3.74. The molecule has 0 aliphatic heterocycles. The molecule has 0 saturated carbocycles. The van der Waals surface area contributed by atoms with Gasteiger partial charge >= 0.3 is 0 Å². The van der Waals surface area contributed by atoms with Crippen LogP contribution in [0.1, 0.15) is 18.9 Å². The summed E-state index contributed by atoms with van der Waals surface area (Å²) in [6.45, 7) is 2.36. The summed E-state index contributed by atoms with van der Waals surface area (Å²) in [6, 6.07) is 16.9. The van der Waals surface area contributed by atoms with Gasteiger partial charge in [-0.05, 0) is 23.8 Å². The Balaban J connectivity index is 1.96. The van der Waals surface area contributed by atoms with Gasteiger partial charge in [0, 0.05) is 44.2 Å². The molecule has 24 heavy (non-hydrogen) atoms. The first-order valence-electron chi connectivity index (χ1n) is 7.79. The zero-order chi connectivity index (χ0) is 17.5. The van der Waals surface area contributed by atoms with E-state index in [-0.39, 0.29) is 18.2 Å². The molecule has 2 aromatic rings. The van der Waals surface area contributed by atoms with Crippen molar-refractivity contribution in [2.45, 2.75) is 19.9 Å². The van der Waals surface area contributed by atoms with Crippen molar-refractivity contribution in [2.24, 2.45) is 0 Å². The van der Waals surface area contributed by atoms with Gasteiger partial charge in [0.15, 0.2) is 0 Å². The van der Waals surface area contributed by atoms with E-state index >= 15 is 0 Å². The van der Waals surface area contributed by atoms with Crippen LogP contribution in [0.4, 0.5) is 5.69 Å². The number of anilines is 1. The Morgan fingerprint density at radius 1 is 1.04 bits per heavy atom. The Kier molecular flexibility index (Phi) is 6.38. The zero-order valence-electron chi connectivity index (χ0n) is 13.9. The maximum Gasteiger partial charge on any atom is 0.224 e. The van der Waals surface area contributed by atoms with Crippen molar-refractivity contribution < 1.29 is 9.59 Å². The molecule has 126 valence electrons. The Morgan fingerprint density at radius 2 is 1.75 bits per heavy atom. The van der Waals surface area contributed by atoms with Crippen molar-refractivity contribution in [2.75, 3.05) is 18.5 Å². The molecule has 4 nitrogen and oxygen atoms in total. The van der Waals surface area contributed by atoms with Gasteiger partial charge in [-0.25, -0.2) is 0 Å². The number of halogens is 1. The van der Waals surface area contributed by atoms with Gasteiger partial charge in [0.1, 0.15) is 0 Å². The molecule has 0 heterocycles. The number of amides is 2.